The largest absolute Gasteiger partial charge is 0.323 e. The molecule has 1 saturated heterocycles. The van der Waals surface area contributed by atoms with Crippen LogP contribution in [0.15, 0.2) is 0 Å². The molecule has 2 rings (SSSR count). The molecule has 0 unspecified atom stereocenters. The number of nitrogens with one attached hydrogen (secondary N) is 1. The number of carbonyl (C=O) groups excluding carboxylic acids is 1. The van der Waals surface area contributed by atoms with Crippen molar-refractivity contribution in [3.05, 3.63) is 5.01 Å². The molecule has 0 aliphatic carbocycles. The topological polar surface area (TPSA) is 95.5 Å². The third kappa shape index (κ3) is 3.89. The van der Waals surface area contributed by atoms with Gasteiger partial charge in [-0.1, -0.05) is 18.3 Å². The number of aryl methyl sites for hydroxylation is 1. The summed E-state index contributed by atoms with van der Waals surface area (Å²) in [7, 11) is -3.17. The van der Waals surface area contributed by atoms with Crippen LogP contribution in [0.25, 0.3) is 0 Å². The van der Waals surface area contributed by atoms with Gasteiger partial charge in [-0.2, -0.15) is 4.31 Å². The number of sulfonamides is 1. The van der Waals surface area contributed by atoms with Crippen LogP contribution >= 0.6 is 11.3 Å². The van der Waals surface area contributed by atoms with E-state index in [1.54, 1.807) is 11.8 Å². The monoisotopic (exact) mass is 333 g/mol. The van der Waals surface area contributed by atoms with Gasteiger partial charge in [0, 0.05) is 26.2 Å². The maximum atomic E-state index is 12.1. The second-order valence-electron chi connectivity index (χ2n) is 4.57. The Morgan fingerprint density at radius 1 is 1.24 bits per heavy atom. The molecule has 8 nitrogen and oxygen atoms in total. The Morgan fingerprint density at radius 3 is 2.43 bits per heavy atom. The van der Waals surface area contributed by atoms with Gasteiger partial charge in [0.05, 0.1) is 5.75 Å². The molecular weight excluding hydrogens is 314 g/mol. The van der Waals surface area contributed by atoms with E-state index >= 15 is 0 Å². The molecule has 10 heteroatoms. The minimum atomic E-state index is -3.17. The lowest BCUT2D eigenvalue weighted by atomic mass is 10.4. The molecule has 0 spiro atoms. The van der Waals surface area contributed by atoms with E-state index in [-0.39, 0.29) is 11.8 Å². The Morgan fingerprint density at radius 2 is 1.90 bits per heavy atom. The summed E-state index contributed by atoms with van der Waals surface area (Å²) < 4.78 is 24.9. The summed E-state index contributed by atoms with van der Waals surface area (Å²) in [4.78, 5) is 13.7. The predicted octanol–water partition coefficient (Wildman–Crippen LogP) is 0.600. The van der Waals surface area contributed by atoms with Crippen LogP contribution in [-0.4, -0.2) is 65.8 Å². The zero-order valence-electron chi connectivity index (χ0n) is 12.1. The highest BCUT2D eigenvalue weighted by atomic mass is 32.2. The molecule has 0 aromatic carbocycles. The normalized spacial score (nSPS) is 17.0. The van der Waals surface area contributed by atoms with E-state index < -0.39 is 10.0 Å². The summed E-state index contributed by atoms with van der Waals surface area (Å²) in [6.45, 7) is 5.02. The highest BCUT2D eigenvalue weighted by molar-refractivity contribution is 7.89. The average molecular weight is 333 g/mol. The molecule has 1 aliphatic rings. The second-order valence-corrected chi connectivity index (χ2v) is 7.89. The van der Waals surface area contributed by atoms with Crippen LogP contribution in [0.5, 0.6) is 0 Å². The van der Waals surface area contributed by atoms with Crippen molar-refractivity contribution in [2.75, 3.05) is 37.2 Å². The number of aromatic nitrogens is 2. The zero-order valence-corrected chi connectivity index (χ0v) is 13.7. The first-order valence-electron chi connectivity index (χ1n) is 6.82. The van der Waals surface area contributed by atoms with E-state index in [0.717, 1.165) is 11.4 Å². The van der Waals surface area contributed by atoms with Gasteiger partial charge in [0.25, 0.3) is 0 Å². The van der Waals surface area contributed by atoms with Crippen LogP contribution in [0.3, 0.4) is 0 Å². The molecule has 2 amide bonds. The summed E-state index contributed by atoms with van der Waals surface area (Å²) in [5, 5.41) is 11.9. The van der Waals surface area contributed by atoms with E-state index in [1.807, 2.05) is 6.92 Å². The molecule has 1 aromatic rings. The number of carbonyl (C=O) groups is 1. The number of amides is 2. The smallest absolute Gasteiger partial charge is 0.322 e. The molecule has 0 atom stereocenters. The van der Waals surface area contributed by atoms with Crippen molar-refractivity contribution in [3.8, 4) is 0 Å². The van der Waals surface area contributed by atoms with E-state index in [1.165, 1.54) is 15.6 Å². The van der Waals surface area contributed by atoms with Gasteiger partial charge in [0.1, 0.15) is 5.01 Å². The van der Waals surface area contributed by atoms with Crippen molar-refractivity contribution in [2.24, 2.45) is 0 Å². The summed E-state index contributed by atoms with van der Waals surface area (Å²) in [5.74, 6) is 0.0871. The van der Waals surface area contributed by atoms with Gasteiger partial charge in [-0.25, -0.2) is 13.2 Å². The molecule has 0 radical (unpaired) electrons. The first-order valence-corrected chi connectivity index (χ1v) is 9.25. The highest BCUT2D eigenvalue weighted by Crippen LogP contribution is 2.16. The average Bonchev–Trinajstić information content (AvgIpc) is 2.95. The third-order valence-corrected chi connectivity index (χ3v) is 6.13. The van der Waals surface area contributed by atoms with Crippen LogP contribution < -0.4 is 5.32 Å². The van der Waals surface area contributed by atoms with Gasteiger partial charge in [0.2, 0.25) is 15.2 Å². The zero-order chi connectivity index (χ0) is 15.5. The summed E-state index contributed by atoms with van der Waals surface area (Å²) in [6.07, 6.45) is 0.779. The Bertz CT molecular complexity index is 593. The molecule has 1 aliphatic heterocycles. The lowest BCUT2D eigenvalue weighted by molar-refractivity contribution is 0.184. The number of hydrogen-bond donors (Lipinski definition) is 1. The van der Waals surface area contributed by atoms with Gasteiger partial charge in [-0.05, 0) is 13.3 Å². The summed E-state index contributed by atoms with van der Waals surface area (Å²) >= 11 is 1.35. The fourth-order valence-electron chi connectivity index (χ4n) is 1.97. The molecule has 0 bridgehead atoms. The molecule has 0 saturated carbocycles. The van der Waals surface area contributed by atoms with Crippen molar-refractivity contribution in [1.29, 1.82) is 0 Å². The number of anilines is 1. The van der Waals surface area contributed by atoms with Crippen molar-refractivity contribution in [3.63, 3.8) is 0 Å². The molecule has 2 heterocycles. The van der Waals surface area contributed by atoms with Crippen LogP contribution in [0, 0.1) is 0 Å². The first-order chi connectivity index (χ1) is 9.96. The maximum absolute atomic E-state index is 12.1. The third-order valence-electron chi connectivity index (χ3n) is 3.27. The van der Waals surface area contributed by atoms with Gasteiger partial charge in [0.15, 0.2) is 0 Å². The van der Waals surface area contributed by atoms with Crippen molar-refractivity contribution >= 4 is 32.5 Å². The van der Waals surface area contributed by atoms with Gasteiger partial charge < -0.3 is 4.90 Å². The van der Waals surface area contributed by atoms with Crippen LogP contribution in [0.1, 0.15) is 18.9 Å². The minimum absolute atomic E-state index is 0.0871. The fourth-order valence-corrected chi connectivity index (χ4v) is 3.72. The standard InChI is InChI=1S/C11H19N5O3S2/c1-3-9-13-14-10(20-9)12-11(17)15-5-7-16(8-6-15)21(18,19)4-2/h3-8H2,1-2H3,(H,12,14,17). The lowest BCUT2D eigenvalue weighted by Crippen LogP contribution is -2.51. The second kappa shape index (κ2) is 6.67. The van der Waals surface area contributed by atoms with E-state index in [2.05, 4.69) is 15.5 Å². The molecule has 1 aromatic heterocycles. The van der Waals surface area contributed by atoms with Gasteiger partial charge in [-0.3, -0.25) is 5.32 Å². The van der Waals surface area contributed by atoms with Crippen molar-refractivity contribution in [1.82, 2.24) is 19.4 Å². The van der Waals surface area contributed by atoms with Crippen molar-refractivity contribution in [2.45, 2.75) is 20.3 Å². The SMILES string of the molecule is CCc1nnc(NC(=O)N2CCN(S(=O)(=O)CC)CC2)s1. The highest BCUT2D eigenvalue weighted by Gasteiger charge is 2.27. The Balaban J connectivity index is 1.88. The number of rotatable bonds is 4. The Kier molecular flexibility index (Phi) is 5.12. The number of hydrogen-bond acceptors (Lipinski definition) is 6. The molecule has 118 valence electrons. The Hall–Kier alpha value is -1.26. The Labute approximate surface area is 128 Å². The van der Waals surface area contributed by atoms with Gasteiger partial charge >= 0.3 is 6.03 Å². The van der Waals surface area contributed by atoms with E-state index in [4.69, 9.17) is 0 Å². The quantitative estimate of drug-likeness (QED) is 0.870. The van der Waals surface area contributed by atoms with E-state index in [0.29, 0.717) is 31.3 Å². The molecule has 1 fully saturated rings. The first kappa shape index (κ1) is 16.1. The van der Waals surface area contributed by atoms with Crippen LogP contribution in [0.4, 0.5) is 9.93 Å². The number of nitrogens with zero attached hydrogens (tertiary/aromatic N) is 4. The van der Waals surface area contributed by atoms with Gasteiger partial charge in [-0.15, -0.1) is 10.2 Å². The maximum Gasteiger partial charge on any atom is 0.323 e. The minimum Gasteiger partial charge on any atom is -0.322 e. The summed E-state index contributed by atoms with van der Waals surface area (Å²) in [6, 6.07) is -0.262. The number of piperazine rings is 1. The molecule has 21 heavy (non-hydrogen) atoms. The lowest BCUT2D eigenvalue weighted by Gasteiger charge is -2.33. The van der Waals surface area contributed by atoms with Crippen LogP contribution in [-0.2, 0) is 16.4 Å². The van der Waals surface area contributed by atoms with Crippen LogP contribution in [0.2, 0.25) is 0 Å². The van der Waals surface area contributed by atoms with E-state index in [9.17, 15) is 13.2 Å². The number of urea groups is 1. The predicted molar refractivity (Wildman–Crippen MR) is 80.9 cm³/mol. The summed E-state index contributed by atoms with van der Waals surface area (Å²) in [5.41, 5.74) is 0. The molecular formula is C11H19N5O3S2. The molecule has 1 N–H and O–H groups in total. The van der Waals surface area contributed by atoms with Crippen molar-refractivity contribution < 1.29 is 13.2 Å². The fraction of sp³-hybridized carbons (Fsp3) is 0.727.